The molecule has 1 aliphatic heterocycles. The first-order valence-corrected chi connectivity index (χ1v) is 5.98. The van der Waals surface area contributed by atoms with Gasteiger partial charge in [0.2, 0.25) is 5.91 Å². The van der Waals surface area contributed by atoms with E-state index in [9.17, 15) is 4.79 Å². The summed E-state index contributed by atoms with van der Waals surface area (Å²) in [7, 11) is 1.65. The van der Waals surface area contributed by atoms with Crippen molar-refractivity contribution >= 4 is 5.91 Å². The van der Waals surface area contributed by atoms with Crippen molar-refractivity contribution in [1.82, 2.24) is 4.90 Å². The van der Waals surface area contributed by atoms with Crippen LogP contribution in [0.1, 0.15) is 19.8 Å². The van der Waals surface area contributed by atoms with E-state index in [1.54, 1.807) is 13.4 Å². The van der Waals surface area contributed by atoms with E-state index in [1.807, 2.05) is 17.9 Å². The molecule has 0 radical (unpaired) electrons. The lowest BCUT2D eigenvalue weighted by Gasteiger charge is -2.31. The van der Waals surface area contributed by atoms with Gasteiger partial charge < -0.3 is 15.2 Å². The van der Waals surface area contributed by atoms with Crippen molar-refractivity contribution in [2.45, 2.75) is 31.9 Å². The summed E-state index contributed by atoms with van der Waals surface area (Å²) in [5.41, 5.74) is 5.34. The Labute approximate surface area is 103 Å². The molecule has 2 atom stereocenters. The van der Waals surface area contributed by atoms with Crippen molar-refractivity contribution in [3.63, 3.8) is 0 Å². The first-order valence-electron chi connectivity index (χ1n) is 5.98. The third kappa shape index (κ3) is 4.75. The molecular formula is C12H22N2O3. The summed E-state index contributed by atoms with van der Waals surface area (Å²) >= 11 is 0. The Morgan fingerprint density at radius 1 is 1.71 bits per heavy atom. The molecule has 0 aromatic carbocycles. The fraction of sp³-hybridized carbons (Fsp3) is 0.750. The first kappa shape index (κ1) is 14.0. The molecule has 0 spiro atoms. The Morgan fingerprint density at radius 2 is 2.47 bits per heavy atom. The number of ether oxygens (including phenoxy) is 2. The molecule has 0 fully saturated rings. The Balaban J connectivity index is 2.49. The van der Waals surface area contributed by atoms with Crippen LogP contribution in [-0.2, 0) is 14.3 Å². The van der Waals surface area contributed by atoms with Gasteiger partial charge >= 0.3 is 0 Å². The van der Waals surface area contributed by atoms with Gasteiger partial charge in [0.05, 0.1) is 18.9 Å². The minimum absolute atomic E-state index is 0.138. The fourth-order valence-electron chi connectivity index (χ4n) is 1.81. The molecule has 98 valence electrons. The average Bonchev–Trinajstić information content (AvgIpc) is 2.34. The zero-order valence-electron chi connectivity index (χ0n) is 10.6. The summed E-state index contributed by atoms with van der Waals surface area (Å²) in [4.78, 5) is 13.2. The van der Waals surface area contributed by atoms with Crippen LogP contribution in [0.15, 0.2) is 12.3 Å². The van der Waals surface area contributed by atoms with Crippen molar-refractivity contribution in [2.75, 3.05) is 26.8 Å². The van der Waals surface area contributed by atoms with E-state index < -0.39 is 0 Å². The van der Waals surface area contributed by atoms with Crippen LogP contribution in [0.2, 0.25) is 0 Å². The summed E-state index contributed by atoms with van der Waals surface area (Å²) < 4.78 is 10.5. The van der Waals surface area contributed by atoms with E-state index in [0.29, 0.717) is 19.7 Å². The first-order chi connectivity index (χ1) is 8.15. The van der Waals surface area contributed by atoms with Gasteiger partial charge in [0.15, 0.2) is 0 Å². The molecule has 17 heavy (non-hydrogen) atoms. The van der Waals surface area contributed by atoms with Crippen molar-refractivity contribution in [3.8, 4) is 0 Å². The van der Waals surface area contributed by atoms with Crippen molar-refractivity contribution < 1.29 is 14.3 Å². The van der Waals surface area contributed by atoms with Crippen molar-refractivity contribution in [2.24, 2.45) is 5.73 Å². The van der Waals surface area contributed by atoms with Gasteiger partial charge in [-0.25, -0.2) is 0 Å². The topological polar surface area (TPSA) is 64.8 Å². The van der Waals surface area contributed by atoms with E-state index in [0.717, 1.165) is 12.8 Å². The Bertz CT molecular complexity index is 268. The highest BCUT2D eigenvalue weighted by molar-refractivity contribution is 5.79. The highest BCUT2D eigenvalue weighted by atomic mass is 16.5. The Morgan fingerprint density at radius 3 is 3.00 bits per heavy atom. The number of primary amides is 1. The second kappa shape index (κ2) is 7.29. The predicted molar refractivity (Wildman–Crippen MR) is 65.4 cm³/mol. The van der Waals surface area contributed by atoms with Gasteiger partial charge in [-0.15, -0.1) is 0 Å². The number of methoxy groups -OCH3 is 1. The minimum Gasteiger partial charge on any atom is -0.497 e. The number of amides is 1. The fourth-order valence-corrected chi connectivity index (χ4v) is 1.81. The molecule has 1 amide bonds. The summed E-state index contributed by atoms with van der Waals surface area (Å²) in [5, 5.41) is 0. The molecule has 2 N–H and O–H groups in total. The molecule has 1 aliphatic rings. The molecule has 0 aliphatic carbocycles. The minimum atomic E-state index is -0.313. The number of nitrogens with zero attached hydrogens (tertiary/aromatic N) is 1. The number of nitrogens with two attached hydrogens (primary N) is 1. The molecular weight excluding hydrogens is 220 g/mol. The number of carbonyl (C=O) groups is 1. The molecule has 5 heteroatoms. The third-order valence-electron chi connectivity index (χ3n) is 3.00. The van der Waals surface area contributed by atoms with Crippen LogP contribution in [0.4, 0.5) is 0 Å². The lowest BCUT2D eigenvalue weighted by atomic mass is 10.1. The van der Waals surface area contributed by atoms with Crippen LogP contribution in [0.25, 0.3) is 0 Å². The van der Waals surface area contributed by atoms with Crippen LogP contribution in [-0.4, -0.2) is 49.8 Å². The largest absolute Gasteiger partial charge is 0.497 e. The van der Waals surface area contributed by atoms with Gasteiger partial charge in [0.25, 0.3) is 0 Å². The summed E-state index contributed by atoms with van der Waals surface area (Å²) in [6.45, 7) is 3.79. The quantitative estimate of drug-likeness (QED) is 0.706. The summed E-state index contributed by atoms with van der Waals surface area (Å²) in [6.07, 6.45) is 5.88. The van der Waals surface area contributed by atoms with E-state index in [4.69, 9.17) is 15.2 Å². The van der Waals surface area contributed by atoms with Gasteiger partial charge in [0.1, 0.15) is 6.10 Å². The van der Waals surface area contributed by atoms with E-state index >= 15 is 0 Å². The van der Waals surface area contributed by atoms with Gasteiger partial charge in [-0.1, -0.05) is 0 Å². The van der Waals surface area contributed by atoms with Crippen LogP contribution in [0.5, 0.6) is 0 Å². The normalized spacial score (nSPS) is 21.2. The molecule has 1 heterocycles. The molecule has 1 rings (SSSR count). The second-order valence-electron chi connectivity index (χ2n) is 4.27. The number of hydrogen-bond donors (Lipinski definition) is 1. The maximum Gasteiger partial charge on any atom is 0.234 e. The third-order valence-corrected chi connectivity index (χ3v) is 3.00. The van der Waals surface area contributed by atoms with E-state index in [1.165, 1.54) is 0 Å². The van der Waals surface area contributed by atoms with Crippen LogP contribution >= 0.6 is 0 Å². The van der Waals surface area contributed by atoms with Gasteiger partial charge in [-0.05, 0) is 25.8 Å². The number of carbonyl (C=O) groups excluding carboxylic acids is 1. The van der Waals surface area contributed by atoms with Crippen LogP contribution in [0.3, 0.4) is 0 Å². The molecule has 0 bridgehead atoms. The molecule has 5 nitrogen and oxygen atoms in total. The molecule has 0 aromatic rings. The number of hydrogen-bond acceptors (Lipinski definition) is 4. The zero-order chi connectivity index (χ0) is 12.7. The SMILES string of the molecule is COCCN(C[C@@H]1CCC=CO1)[C@@H](C)C(N)=O. The standard InChI is InChI=1S/C12H22N2O3/c1-10(12(13)15)14(6-8-16-2)9-11-5-3-4-7-17-11/h4,7,10-11H,3,5-6,8-9H2,1-2H3,(H2,13,15)/t10-,11-/m0/s1. The predicted octanol–water partition coefficient (Wildman–Crippen LogP) is 0.501. The second-order valence-corrected chi connectivity index (χ2v) is 4.27. The zero-order valence-corrected chi connectivity index (χ0v) is 10.6. The molecule has 0 aromatic heterocycles. The maximum absolute atomic E-state index is 11.2. The number of allylic oxidation sites excluding steroid dienone is 1. The van der Waals surface area contributed by atoms with Crippen molar-refractivity contribution in [3.05, 3.63) is 12.3 Å². The maximum atomic E-state index is 11.2. The van der Waals surface area contributed by atoms with E-state index in [2.05, 4.69) is 0 Å². The highest BCUT2D eigenvalue weighted by Crippen LogP contribution is 2.13. The van der Waals surface area contributed by atoms with Gasteiger partial charge in [-0.2, -0.15) is 0 Å². The van der Waals surface area contributed by atoms with Crippen molar-refractivity contribution in [1.29, 1.82) is 0 Å². The Hall–Kier alpha value is -1.07. The Kier molecular flexibility index (Phi) is 6.00. The van der Waals surface area contributed by atoms with Crippen LogP contribution in [0, 0.1) is 0 Å². The average molecular weight is 242 g/mol. The molecule has 0 unspecified atom stereocenters. The van der Waals surface area contributed by atoms with Gasteiger partial charge in [-0.3, -0.25) is 9.69 Å². The van der Waals surface area contributed by atoms with E-state index in [-0.39, 0.29) is 18.1 Å². The summed E-state index contributed by atoms with van der Waals surface area (Å²) in [5.74, 6) is -0.313. The monoisotopic (exact) mass is 242 g/mol. The smallest absolute Gasteiger partial charge is 0.234 e. The van der Waals surface area contributed by atoms with Crippen LogP contribution < -0.4 is 5.73 Å². The summed E-state index contributed by atoms with van der Waals surface area (Å²) in [6, 6.07) is -0.292. The number of rotatable bonds is 7. The highest BCUT2D eigenvalue weighted by Gasteiger charge is 2.23. The molecule has 0 saturated heterocycles. The lowest BCUT2D eigenvalue weighted by molar-refractivity contribution is -0.123. The van der Waals surface area contributed by atoms with Gasteiger partial charge in [0, 0.05) is 20.2 Å². The molecule has 0 saturated carbocycles. The lowest BCUT2D eigenvalue weighted by Crippen LogP contribution is -2.47.